The van der Waals surface area contributed by atoms with Crippen LogP contribution in [0.5, 0.6) is 5.75 Å². The zero-order valence-electron chi connectivity index (χ0n) is 27.8. The molecule has 6 rings (SSSR count). The van der Waals surface area contributed by atoms with E-state index in [1.807, 2.05) is 6.08 Å². The fourth-order valence-corrected chi connectivity index (χ4v) is 10.5. The quantitative estimate of drug-likeness (QED) is 0.120. The second kappa shape index (κ2) is 12.7. The number of hydrogen-bond acceptors (Lipinski definition) is 1. The van der Waals surface area contributed by atoms with Gasteiger partial charge in [-0.3, -0.25) is 0 Å². The molecule has 1 unspecified atom stereocenters. The summed E-state index contributed by atoms with van der Waals surface area (Å²) >= 11 is 0. The molecule has 0 N–H and O–H groups in total. The van der Waals surface area contributed by atoms with E-state index in [0.717, 1.165) is 5.75 Å². The summed E-state index contributed by atoms with van der Waals surface area (Å²) in [5.74, 6) is 0.990. The van der Waals surface area contributed by atoms with Crippen molar-refractivity contribution in [3.8, 4) is 50.3 Å². The topological polar surface area (TPSA) is 9.23 Å². The van der Waals surface area contributed by atoms with Crippen molar-refractivity contribution < 1.29 is 4.74 Å². The van der Waals surface area contributed by atoms with Crippen molar-refractivity contribution in [3.05, 3.63) is 138 Å². The van der Waals surface area contributed by atoms with Gasteiger partial charge in [-0.2, -0.15) is 0 Å². The largest absolute Gasteiger partial charge is 0.489 e. The fourth-order valence-electron chi connectivity index (χ4n) is 7.42. The Morgan fingerprint density at radius 1 is 0.711 bits per heavy atom. The second-order valence-electron chi connectivity index (χ2n) is 13.6. The van der Waals surface area contributed by atoms with E-state index >= 15 is 0 Å². The smallest absolute Gasteiger partial charge is 0.131 e. The molecule has 0 radical (unpaired) electrons. The lowest BCUT2D eigenvalue weighted by Crippen LogP contribution is -2.22. The van der Waals surface area contributed by atoms with Gasteiger partial charge in [0.15, 0.2) is 0 Å². The molecule has 1 nitrogen and oxygen atoms in total. The molecule has 1 aliphatic rings. The van der Waals surface area contributed by atoms with Crippen LogP contribution < -0.4 is 4.74 Å². The van der Waals surface area contributed by atoms with Gasteiger partial charge >= 0.3 is 0 Å². The van der Waals surface area contributed by atoms with Gasteiger partial charge in [-0.15, -0.1) is 0 Å². The Morgan fingerprint density at radius 2 is 1.33 bits per heavy atom. The molecule has 2 heteroatoms. The third-order valence-corrected chi connectivity index (χ3v) is 13.3. The van der Waals surface area contributed by atoms with Gasteiger partial charge in [0.25, 0.3) is 0 Å². The fraction of sp³-hybridized carbons (Fsp3) is 0.256. The van der Waals surface area contributed by atoms with Gasteiger partial charge in [-0.05, 0) is 74.0 Å². The van der Waals surface area contributed by atoms with Crippen molar-refractivity contribution in [2.45, 2.75) is 64.6 Å². The first-order valence-electron chi connectivity index (χ1n) is 16.6. The number of aryl methyl sites for hydroxylation is 1. The zero-order valence-corrected chi connectivity index (χ0v) is 28.9. The lowest BCUT2D eigenvalue weighted by atomic mass is 9.80. The van der Waals surface area contributed by atoms with Crippen molar-refractivity contribution in [1.29, 1.82) is 0 Å². The second-order valence-corrected chi connectivity index (χ2v) is 17.4. The minimum absolute atomic E-state index is 0.0841. The molecule has 5 aromatic rings. The molecule has 0 saturated carbocycles. The van der Waals surface area contributed by atoms with Crippen LogP contribution in [-0.4, -0.2) is 15.4 Å². The molecule has 0 fully saturated rings. The molecule has 0 spiro atoms. The lowest BCUT2D eigenvalue weighted by molar-refractivity contribution is 0.352. The molecule has 0 heterocycles. The van der Waals surface area contributed by atoms with Crippen LogP contribution in [0, 0.1) is 6.92 Å². The number of benzene rings is 5. The molecule has 1 atom stereocenters. The third-order valence-electron chi connectivity index (χ3n) is 9.60. The van der Waals surface area contributed by atoms with E-state index < -0.39 is 8.80 Å². The molecule has 0 aromatic heterocycles. The maximum Gasteiger partial charge on any atom is 0.131 e. The molecule has 0 bridgehead atoms. The summed E-state index contributed by atoms with van der Waals surface area (Å²) in [6.45, 7) is 18.4. The molecule has 1 aliphatic carbocycles. The Balaban J connectivity index is 1.73. The van der Waals surface area contributed by atoms with Gasteiger partial charge in [0.1, 0.15) is 12.4 Å². The van der Waals surface area contributed by atoms with Crippen molar-refractivity contribution in [3.63, 3.8) is 0 Å². The molecule has 0 saturated heterocycles. The summed E-state index contributed by atoms with van der Waals surface area (Å²) in [7, 11) is -1.25. The van der Waals surface area contributed by atoms with E-state index in [-0.39, 0.29) is 5.41 Å². The van der Waals surface area contributed by atoms with Crippen molar-refractivity contribution in [2.75, 3.05) is 6.61 Å². The predicted molar refractivity (Wildman–Crippen MR) is 197 cm³/mol. The average molecular weight is 607 g/mol. The summed E-state index contributed by atoms with van der Waals surface area (Å²) in [5, 5.41) is 0. The van der Waals surface area contributed by atoms with Crippen LogP contribution in [0.2, 0.25) is 12.1 Å². The van der Waals surface area contributed by atoms with Gasteiger partial charge in [0.2, 0.25) is 0 Å². The number of fused-ring (bicyclic) bond motifs is 3. The zero-order chi connectivity index (χ0) is 31.7. The molecule has 0 amide bonds. The van der Waals surface area contributed by atoms with Gasteiger partial charge in [-0.1, -0.05) is 156 Å². The maximum absolute atomic E-state index is 6.70. The maximum atomic E-state index is 6.70. The first-order valence-corrected chi connectivity index (χ1v) is 18.9. The Hall–Kier alpha value is -4.14. The Morgan fingerprint density at radius 3 is 1.96 bits per heavy atom. The van der Waals surface area contributed by atoms with Crippen LogP contribution in [-0.2, 0) is 5.41 Å². The van der Waals surface area contributed by atoms with Gasteiger partial charge in [-0.25, -0.2) is 0 Å². The van der Waals surface area contributed by atoms with E-state index in [9.17, 15) is 0 Å². The van der Waals surface area contributed by atoms with Gasteiger partial charge in [0.05, 0.1) is 0 Å². The van der Waals surface area contributed by atoms with E-state index in [1.54, 1.807) is 0 Å². The summed E-state index contributed by atoms with van der Waals surface area (Å²) in [6, 6.07) is 41.0. The van der Waals surface area contributed by atoms with Crippen LogP contribution in [0.1, 0.15) is 62.4 Å². The van der Waals surface area contributed by atoms with Crippen molar-refractivity contribution in [1.82, 2.24) is 0 Å². The van der Waals surface area contributed by atoms with Crippen LogP contribution in [0.4, 0.5) is 0 Å². The Kier molecular flexibility index (Phi) is 8.71. The highest BCUT2D eigenvalue weighted by Gasteiger charge is 2.38. The summed E-state index contributed by atoms with van der Waals surface area (Å²) in [5.41, 5.74) is 16.3. The number of ether oxygens (including phenoxy) is 1. The van der Waals surface area contributed by atoms with Crippen LogP contribution in [0.15, 0.2) is 116 Å². The highest BCUT2D eigenvalue weighted by molar-refractivity contribution is 6.62. The number of rotatable bonds is 9. The Bertz CT molecular complexity index is 1820. The highest BCUT2D eigenvalue weighted by Crippen LogP contribution is 2.56. The summed E-state index contributed by atoms with van der Waals surface area (Å²) < 4.78 is 6.70. The molecule has 228 valence electrons. The van der Waals surface area contributed by atoms with Crippen LogP contribution in [0.25, 0.3) is 44.5 Å². The van der Waals surface area contributed by atoms with Crippen molar-refractivity contribution >= 4 is 8.80 Å². The SMILES string of the molecule is C=CCOc1c(-c2c(-c3ccccc3)ccc3c2C([SiH](CC)CC)c2cc(-c4ccccc4)ccc2-3)cc(C)cc1C(C)(C)C. The van der Waals surface area contributed by atoms with E-state index in [1.165, 1.54) is 78.8 Å². The van der Waals surface area contributed by atoms with Crippen molar-refractivity contribution in [2.24, 2.45) is 0 Å². The van der Waals surface area contributed by atoms with Crippen LogP contribution >= 0.6 is 0 Å². The normalized spacial score (nSPS) is 13.9. The minimum atomic E-state index is -1.25. The van der Waals surface area contributed by atoms with E-state index in [2.05, 4.69) is 151 Å². The van der Waals surface area contributed by atoms with Gasteiger partial charge in [0, 0.05) is 25.5 Å². The minimum Gasteiger partial charge on any atom is -0.489 e. The summed E-state index contributed by atoms with van der Waals surface area (Å²) in [6.07, 6.45) is 1.87. The molecule has 5 aromatic carbocycles. The molecular formula is C43H46OSi. The van der Waals surface area contributed by atoms with Crippen LogP contribution in [0.3, 0.4) is 0 Å². The standard InChI is InChI=1S/C43H46OSi/c1-8-25-44-41-37(26-29(4)27-38(41)43(5,6)7)39-33(31-19-15-12-16-20-31)23-24-35-34-22-21-32(30-17-13-11-14-18-30)28-36(34)42(40(35)39)45(9-2)10-3/h8,11-24,26-28,42,45H,1,9-10,25H2,2-7H3. The first-order chi connectivity index (χ1) is 21.8. The first kappa shape index (κ1) is 30.9. The Labute approximate surface area is 272 Å². The average Bonchev–Trinajstić information content (AvgIpc) is 3.38. The van der Waals surface area contributed by atoms with Gasteiger partial charge < -0.3 is 4.74 Å². The highest BCUT2D eigenvalue weighted by atomic mass is 28.3. The molecular weight excluding hydrogens is 561 g/mol. The predicted octanol–water partition coefficient (Wildman–Crippen LogP) is 11.8. The third kappa shape index (κ3) is 5.73. The summed E-state index contributed by atoms with van der Waals surface area (Å²) in [4.78, 5) is 0. The monoisotopic (exact) mass is 606 g/mol. The van der Waals surface area contributed by atoms with E-state index in [4.69, 9.17) is 4.74 Å². The lowest BCUT2D eigenvalue weighted by Gasteiger charge is -2.29. The molecule has 0 aliphatic heterocycles. The number of hydrogen-bond donors (Lipinski definition) is 0. The van der Waals surface area contributed by atoms with E-state index in [0.29, 0.717) is 12.1 Å². The molecule has 45 heavy (non-hydrogen) atoms.